The molecule has 2 rings (SSSR count). The molecule has 1 aliphatic rings. The van der Waals surface area contributed by atoms with Crippen molar-refractivity contribution in [3.8, 4) is 0 Å². The number of amides is 1. The Hall–Kier alpha value is -1.04. The van der Waals surface area contributed by atoms with E-state index in [1.165, 1.54) is 11.1 Å². The van der Waals surface area contributed by atoms with Gasteiger partial charge in [-0.25, -0.2) is 0 Å². The molecule has 1 unspecified atom stereocenters. The summed E-state index contributed by atoms with van der Waals surface area (Å²) in [5.74, 6) is 1.84. The maximum absolute atomic E-state index is 12.0. The van der Waals surface area contributed by atoms with Crippen LogP contribution in [0.2, 0.25) is 0 Å². The van der Waals surface area contributed by atoms with Crippen molar-refractivity contribution in [2.45, 2.75) is 19.1 Å². The minimum atomic E-state index is -0.0361. The zero-order valence-electron chi connectivity index (χ0n) is 11.5. The lowest BCUT2D eigenvalue weighted by atomic mass is 10.1. The van der Waals surface area contributed by atoms with Gasteiger partial charge in [0.1, 0.15) is 0 Å². The van der Waals surface area contributed by atoms with Gasteiger partial charge in [-0.05, 0) is 25.2 Å². The Bertz CT molecular complexity index is 430. The average Bonchev–Trinajstić information content (AvgIpc) is 2.90. The molecule has 1 aliphatic heterocycles. The molecule has 4 nitrogen and oxygen atoms in total. The van der Waals surface area contributed by atoms with Gasteiger partial charge < -0.3 is 10.2 Å². The SMILES string of the molecule is CN(C)Cc1ccccc1CNC(=O)C1CSCN1. The lowest BCUT2D eigenvalue weighted by molar-refractivity contribution is -0.122. The van der Waals surface area contributed by atoms with E-state index in [1.807, 2.05) is 12.1 Å². The Morgan fingerprint density at radius 2 is 2.16 bits per heavy atom. The third-order valence-corrected chi connectivity index (χ3v) is 4.03. The van der Waals surface area contributed by atoms with Crippen LogP contribution in [-0.2, 0) is 17.9 Å². The third kappa shape index (κ3) is 4.23. The number of nitrogens with one attached hydrogen (secondary N) is 2. The van der Waals surface area contributed by atoms with Crippen LogP contribution < -0.4 is 10.6 Å². The topological polar surface area (TPSA) is 44.4 Å². The van der Waals surface area contributed by atoms with Gasteiger partial charge in [0.2, 0.25) is 5.91 Å². The van der Waals surface area contributed by atoms with Gasteiger partial charge in [-0.2, -0.15) is 0 Å². The molecule has 0 radical (unpaired) electrons. The van der Waals surface area contributed by atoms with E-state index in [9.17, 15) is 4.79 Å². The van der Waals surface area contributed by atoms with E-state index in [1.54, 1.807) is 11.8 Å². The van der Waals surface area contributed by atoms with Crippen molar-refractivity contribution < 1.29 is 4.79 Å². The molecule has 0 aliphatic carbocycles. The lowest BCUT2D eigenvalue weighted by Gasteiger charge is -2.15. The second-order valence-corrected chi connectivity index (χ2v) is 6.03. The van der Waals surface area contributed by atoms with E-state index in [4.69, 9.17) is 0 Å². The maximum Gasteiger partial charge on any atom is 0.238 e. The fourth-order valence-electron chi connectivity index (χ4n) is 2.09. The first kappa shape index (κ1) is 14.4. The minimum absolute atomic E-state index is 0.0361. The van der Waals surface area contributed by atoms with Crippen LogP contribution >= 0.6 is 11.8 Å². The number of hydrogen-bond acceptors (Lipinski definition) is 4. The van der Waals surface area contributed by atoms with E-state index in [2.05, 4.69) is 41.8 Å². The molecule has 1 atom stereocenters. The molecule has 1 saturated heterocycles. The molecule has 5 heteroatoms. The van der Waals surface area contributed by atoms with Gasteiger partial charge in [0.05, 0.1) is 6.04 Å². The number of rotatable bonds is 5. The van der Waals surface area contributed by atoms with Gasteiger partial charge in [-0.1, -0.05) is 24.3 Å². The van der Waals surface area contributed by atoms with E-state index in [0.29, 0.717) is 6.54 Å². The van der Waals surface area contributed by atoms with E-state index in [-0.39, 0.29) is 11.9 Å². The van der Waals surface area contributed by atoms with Crippen molar-refractivity contribution in [3.05, 3.63) is 35.4 Å². The fourth-order valence-corrected chi connectivity index (χ4v) is 3.04. The van der Waals surface area contributed by atoms with E-state index >= 15 is 0 Å². The first-order valence-corrected chi connectivity index (χ1v) is 7.62. The van der Waals surface area contributed by atoms with Crippen LogP contribution in [0.1, 0.15) is 11.1 Å². The van der Waals surface area contributed by atoms with Crippen LogP contribution in [0.4, 0.5) is 0 Å². The zero-order valence-corrected chi connectivity index (χ0v) is 12.3. The molecule has 0 aromatic heterocycles. The average molecular weight is 279 g/mol. The maximum atomic E-state index is 12.0. The number of benzene rings is 1. The van der Waals surface area contributed by atoms with Crippen molar-refractivity contribution in [2.75, 3.05) is 25.7 Å². The number of nitrogens with zero attached hydrogens (tertiary/aromatic N) is 1. The normalized spacial score (nSPS) is 18.8. The first-order chi connectivity index (χ1) is 9.16. The molecule has 0 bridgehead atoms. The predicted molar refractivity (Wildman–Crippen MR) is 79.9 cm³/mol. The predicted octanol–water partition coefficient (Wildman–Crippen LogP) is 1.03. The highest BCUT2D eigenvalue weighted by Gasteiger charge is 2.22. The molecule has 1 aromatic carbocycles. The summed E-state index contributed by atoms with van der Waals surface area (Å²) in [7, 11) is 4.10. The fraction of sp³-hybridized carbons (Fsp3) is 0.500. The summed E-state index contributed by atoms with van der Waals surface area (Å²) in [5, 5.41) is 6.20. The molecule has 104 valence electrons. The summed E-state index contributed by atoms with van der Waals surface area (Å²) in [6, 6.07) is 8.22. The first-order valence-electron chi connectivity index (χ1n) is 6.47. The smallest absolute Gasteiger partial charge is 0.238 e. The van der Waals surface area contributed by atoms with Crippen molar-refractivity contribution in [1.29, 1.82) is 0 Å². The van der Waals surface area contributed by atoms with Crippen molar-refractivity contribution in [2.24, 2.45) is 0 Å². The quantitative estimate of drug-likeness (QED) is 0.845. The summed E-state index contributed by atoms with van der Waals surface area (Å²) >= 11 is 1.77. The van der Waals surface area contributed by atoms with Gasteiger partial charge in [-0.15, -0.1) is 11.8 Å². The minimum Gasteiger partial charge on any atom is -0.351 e. The molecule has 19 heavy (non-hydrogen) atoms. The van der Waals surface area contributed by atoms with Gasteiger partial charge >= 0.3 is 0 Å². The number of hydrogen-bond donors (Lipinski definition) is 2. The summed E-state index contributed by atoms with van der Waals surface area (Å²) in [6.45, 7) is 1.50. The monoisotopic (exact) mass is 279 g/mol. The summed E-state index contributed by atoms with van der Waals surface area (Å²) < 4.78 is 0. The van der Waals surface area contributed by atoms with Crippen LogP contribution in [-0.4, -0.2) is 42.6 Å². The van der Waals surface area contributed by atoms with E-state index in [0.717, 1.165) is 18.2 Å². The Labute approximate surface area is 118 Å². The van der Waals surface area contributed by atoms with Crippen molar-refractivity contribution in [1.82, 2.24) is 15.5 Å². The highest BCUT2D eigenvalue weighted by molar-refractivity contribution is 7.99. The number of carbonyl (C=O) groups excluding carboxylic acids is 1. The van der Waals surface area contributed by atoms with Crippen LogP contribution in [0, 0.1) is 0 Å². The molecule has 1 fully saturated rings. The molecule has 1 heterocycles. The summed E-state index contributed by atoms with van der Waals surface area (Å²) in [5.41, 5.74) is 2.46. The molecule has 2 N–H and O–H groups in total. The molecule has 1 amide bonds. The lowest BCUT2D eigenvalue weighted by Crippen LogP contribution is -2.41. The highest BCUT2D eigenvalue weighted by atomic mass is 32.2. The highest BCUT2D eigenvalue weighted by Crippen LogP contribution is 2.12. The molecule has 0 saturated carbocycles. The Kier molecular flexibility index (Phi) is 5.24. The summed E-state index contributed by atoms with van der Waals surface area (Å²) in [4.78, 5) is 14.1. The van der Waals surface area contributed by atoms with Gasteiger partial charge in [0.15, 0.2) is 0 Å². The Morgan fingerprint density at radius 3 is 2.79 bits per heavy atom. The largest absolute Gasteiger partial charge is 0.351 e. The third-order valence-electron chi connectivity index (χ3n) is 3.09. The Balaban J connectivity index is 1.93. The zero-order chi connectivity index (χ0) is 13.7. The molecule has 0 spiro atoms. The molecule has 1 aromatic rings. The summed E-state index contributed by atoms with van der Waals surface area (Å²) in [6.07, 6.45) is 0. The van der Waals surface area contributed by atoms with Gasteiger partial charge in [0.25, 0.3) is 0 Å². The Morgan fingerprint density at radius 1 is 1.42 bits per heavy atom. The van der Waals surface area contributed by atoms with Crippen LogP contribution in [0.15, 0.2) is 24.3 Å². The van der Waals surface area contributed by atoms with Crippen molar-refractivity contribution in [3.63, 3.8) is 0 Å². The second kappa shape index (κ2) is 6.93. The van der Waals surface area contributed by atoms with Crippen LogP contribution in [0.25, 0.3) is 0 Å². The van der Waals surface area contributed by atoms with Crippen LogP contribution in [0.5, 0.6) is 0 Å². The standard InChI is InChI=1S/C14H21N3OS/c1-17(2)8-12-6-4-3-5-11(12)7-15-14(18)13-9-19-10-16-13/h3-6,13,16H,7-10H2,1-2H3,(H,15,18). The second-order valence-electron chi connectivity index (χ2n) is 5.00. The van der Waals surface area contributed by atoms with E-state index < -0.39 is 0 Å². The van der Waals surface area contributed by atoms with Gasteiger partial charge in [0, 0.05) is 24.7 Å². The molecular formula is C14H21N3OS. The van der Waals surface area contributed by atoms with Crippen LogP contribution in [0.3, 0.4) is 0 Å². The number of carbonyl (C=O) groups is 1. The van der Waals surface area contributed by atoms with Crippen molar-refractivity contribution >= 4 is 17.7 Å². The number of thioether (sulfide) groups is 1. The van der Waals surface area contributed by atoms with Gasteiger partial charge in [-0.3, -0.25) is 10.1 Å². The molecular weight excluding hydrogens is 258 g/mol.